The van der Waals surface area contributed by atoms with Gasteiger partial charge in [-0.2, -0.15) is 0 Å². The van der Waals surface area contributed by atoms with Crippen LogP contribution in [0.25, 0.3) is 0 Å². The van der Waals surface area contributed by atoms with Crippen molar-refractivity contribution in [3.8, 4) is 0 Å². The van der Waals surface area contributed by atoms with E-state index in [2.05, 4.69) is 12.1 Å². The molecule has 0 saturated heterocycles. The number of nitrogens with two attached hydrogens (primary N) is 1. The highest BCUT2D eigenvalue weighted by molar-refractivity contribution is 7.99. The molecule has 1 nitrogen and oxygen atoms in total. The van der Waals surface area contributed by atoms with E-state index in [1.54, 1.807) is 11.8 Å². The molecule has 0 radical (unpaired) electrons. The lowest BCUT2D eigenvalue weighted by Crippen LogP contribution is -1.95. The van der Waals surface area contributed by atoms with Gasteiger partial charge in [-0.15, -0.1) is 0 Å². The molecule has 82 valence electrons. The monoisotopic (exact) mass is 249 g/mol. The van der Waals surface area contributed by atoms with E-state index in [1.165, 1.54) is 9.79 Å². The quantitative estimate of drug-likeness (QED) is 0.892. The minimum Gasteiger partial charge on any atom is -0.326 e. The normalized spacial score (nSPS) is 10.4. The van der Waals surface area contributed by atoms with Gasteiger partial charge in [0.15, 0.2) is 0 Å². The number of hydrogen-bond acceptors (Lipinski definition) is 2. The average molecular weight is 250 g/mol. The lowest BCUT2D eigenvalue weighted by atomic mass is 10.2. The molecule has 0 aliphatic carbocycles. The lowest BCUT2D eigenvalue weighted by molar-refractivity contribution is 1.06. The van der Waals surface area contributed by atoms with Gasteiger partial charge in [0.1, 0.15) is 0 Å². The third-order valence-corrected chi connectivity index (χ3v) is 3.43. The standard InChI is InChI=1S/C13H12ClNS/c14-11-4-6-12(7-5-11)16-13-3-1-2-10(8-13)9-15/h1-8H,9,15H2. The molecule has 2 aromatic rings. The molecule has 2 aromatic carbocycles. The summed E-state index contributed by atoms with van der Waals surface area (Å²) in [5.74, 6) is 0. The van der Waals surface area contributed by atoms with Crippen molar-refractivity contribution in [2.45, 2.75) is 16.3 Å². The van der Waals surface area contributed by atoms with Crippen LogP contribution in [-0.2, 0) is 6.54 Å². The highest BCUT2D eigenvalue weighted by atomic mass is 35.5. The number of benzene rings is 2. The summed E-state index contributed by atoms with van der Waals surface area (Å²) in [4.78, 5) is 2.38. The molecule has 0 unspecified atom stereocenters. The van der Waals surface area contributed by atoms with E-state index < -0.39 is 0 Å². The summed E-state index contributed by atoms with van der Waals surface area (Å²) in [5.41, 5.74) is 6.76. The second kappa shape index (κ2) is 5.39. The van der Waals surface area contributed by atoms with Crippen molar-refractivity contribution in [1.29, 1.82) is 0 Å². The fourth-order valence-electron chi connectivity index (χ4n) is 1.37. The van der Waals surface area contributed by atoms with Crippen LogP contribution in [0.5, 0.6) is 0 Å². The van der Waals surface area contributed by atoms with Gasteiger partial charge in [0.25, 0.3) is 0 Å². The molecule has 0 saturated carbocycles. The maximum absolute atomic E-state index is 5.84. The molecule has 0 aliphatic heterocycles. The molecular weight excluding hydrogens is 238 g/mol. The first kappa shape index (κ1) is 11.5. The van der Waals surface area contributed by atoms with E-state index in [4.69, 9.17) is 17.3 Å². The van der Waals surface area contributed by atoms with E-state index in [0.717, 1.165) is 10.6 Å². The molecule has 0 heterocycles. The van der Waals surface area contributed by atoms with Crippen molar-refractivity contribution in [3.05, 3.63) is 59.1 Å². The fraction of sp³-hybridized carbons (Fsp3) is 0.0769. The Morgan fingerprint density at radius 3 is 2.44 bits per heavy atom. The Kier molecular flexibility index (Phi) is 3.88. The first-order chi connectivity index (χ1) is 7.78. The fourth-order valence-corrected chi connectivity index (χ4v) is 2.40. The number of hydrogen-bond donors (Lipinski definition) is 1. The predicted octanol–water partition coefficient (Wildman–Crippen LogP) is 3.95. The Balaban J connectivity index is 2.16. The van der Waals surface area contributed by atoms with Crippen LogP contribution in [0.2, 0.25) is 5.02 Å². The van der Waals surface area contributed by atoms with Gasteiger partial charge < -0.3 is 5.73 Å². The summed E-state index contributed by atoms with van der Waals surface area (Å²) < 4.78 is 0. The van der Waals surface area contributed by atoms with Crippen LogP contribution < -0.4 is 5.73 Å². The Morgan fingerprint density at radius 1 is 1.00 bits per heavy atom. The summed E-state index contributed by atoms with van der Waals surface area (Å²) in [5, 5.41) is 0.764. The van der Waals surface area contributed by atoms with Gasteiger partial charge >= 0.3 is 0 Å². The molecule has 0 atom stereocenters. The zero-order valence-electron chi connectivity index (χ0n) is 8.69. The van der Waals surface area contributed by atoms with Gasteiger partial charge in [0, 0.05) is 21.4 Å². The van der Waals surface area contributed by atoms with Gasteiger partial charge in [0.2, 0.25) is 0 Å². The zero-order valence-corrected chi connectivity index (χ0v) is 10.3. The first-order valence-electron chi connectivity index (χ1n) is 5.00. The van der Waals surface area contributed by atoms with Crippen molar-refractivity contribution in [1.82, 2.24) is 0 Å². The van der Waals surface area contributed by atoms with Gasteiger partial charge in [-0.25, -0.2) is 0 Å². The largest absolute Gasteiger partial charge is 0.326 e. The van der Waals surface area contributed by atoms with Crippen molar-refractivity contribution in [2.24, 2.45) is 5.73 Å². The van der Waals surface area contributed by atoms with E-state index in [-0.39, 0.29) is 0 Å². The topological polar surface area (TPSA) is 26.0 Å². The number of halogens is 1. The van der Waals surface area contributed by atoms with E-state index >= 15 is 0 Å². The maximum atomic E-state index is 5.84. The zero-order chi connectivity index (χ0) is 11.4. The minimum absolute atomic E-state index is 0.578. The molecule has 0 amide bonds. The molecule has 0 fully saturated rings. The summed E-state index contributed by atoms with van der Waals surface area (Å²) >= 11 is 7.55. The molecule has 0 bridgehead atoms. The van der Waals surface area contributed by atoms with Crippen LogP contribution in [0, 0.1) is 0 Å². The van der Waals surface area contributed by atoms with Gasteiger partial charge in [-0.1, -0.05) is 35.5 Å². The van der Waals surface area contributed by atoms with Gasteiger partial charge in [-0.3, -0.25) is 0 Å². The van der Waals surface area contributed by atoms with Crippen LogP contribution in [-0.4, -0.2) is 0 Å². The van der Waals surface area contributed by atoms with E-state index in [0.29, 0.717) is 6.54 Å². The SMILES string of the molecule is NCc1cccc(Sc2ccc(Cl)cc2)c1. The van der Waals surface area contributed by atoms with Crippen LogP contribution in [0.3, 0.4) is 0 Å². The van der Waals surface area contributed by atoms with Crippen LogP contribution in [0.4, 0.5) is 0 Å². The van der Waals surface area contributed by atoms with Crippen LogP contribution in [0.15, 0.2) is 58.3 Å². The number of rotatable bonds is 3. The Bertz CT molecular complexity index is 468. The summed E-state index contributed by atoms with van der Waals surface area (Å²) in [6.07, 6.45) is 0. The molecule has 0 spiro atoms. The van der Waals surface area contributed by atoms with Crippen molar-refractivity contribution < 1.29 is 0 Å². The molecule has 2 N–H and O–H groups in total. The molecule has 3 heteroatoms. The second-order valence-electron chi connectivity index (χ2n) is 3.41. The third kappa shape index (κ3) is 3.01. The summed E-state index contributed by atoms with van der Waals surface area (Å²) in [7, 11) is 0. The third-order valence-electron chi connectivity index (χ3n) is 2.18. The highest BCUT2D eigenvalue weighted by Gasteiger charge is 1.98. The predicted molar refractivity (Wildman–Crippen MR) is 69.9 cm³/mol. The molecule has 0 aliphatic rings. The average Bonchev–Trinajstić information content (AvgIpc) is 2.32. The summed E-state index contributed by atoms with van der Waals surface area (Å²) in [6, 6.07) is 16.1. The molecular formula is C13H12ClNS. The highest BCUT2D eigenvalue weighted by Crippen LogP contribution is 2.28. The molecule has 2 rings (SSSR count). The summed E-state index contributed by atoms with van der Waals surface area (Å²) in [6.45, 7) is 0.578. The molecule has 16 heavy (non-hydrogen) atoms. The van der Waals surface area contributed by atoms with Gasteiger partial charge in [0.05, 0.1) is 0 Å². The maximum Gasteiger partial charge on any atom is 0.0406 e. The second-order valence-corrected chi connectivity index (χ2v) is 4.99. The van der Waals surface area contributed by atoms with Crippen LogP contribution in [0.1, 0.15) is 5.56 Å². The smallest absolute Gasteiger partial charge is 0.0406 e. The molecule has 0 aromatic heterocycles. The Morgan fingerprint density at radius 2 is 1.75 bits per heavy atom. The lowest BCUT2D eigenvalue weighted by Gasteiger charge is -2.03. The Labute approximate surface area is 105 Å². The Hall–Kier alpha value is -0.960. The van der Waals surface area contributed by atoms with Crippen molar-refractivity contribution in [2.75, 3.05) is 0 Å². The first-order valence-corrected chi connectivity index (χ1v) is 6.20. The van der Waals surface area contributed by atoms with E-state index in [9.17, 15) is 0 Å². The van der Waals surface area contributed by atoms with Gasteiger partial charge in [-0.05, 0) is 42.0 Å². The van der Waals surface area contributed by atoms with E-state index in [1.807, 2.05) is 36.4 Å². The van der Waals surface area contributed by atoms with Crippen LogP contribution >= 0.6 is 23.4 Å². The van der Waals surface area contributed by atoms with Crippen molar-refractivity contribution in [3.63, 3.8) is 0 Å². The van der Waals surface area contributed by atoms with Crippen molar-refractivity contribution >= 4 is 23.4 Å². The minimum atomic E-state index is 0.578.